The van der Waals surface area contributed by atoms with Gasteiger partial charge in [0.1, 0.15) is 6.54 Å². The summed E-state index contributed by atoms with van der Waals surface area (Å²) in [5, 5.41) is 19.3. The van der Waals surface area contributed by atoms with Gasteiger partial charge in [0.05, 0.1) is 6.61 Å². The van der Waals surface area contributed by atoms with Gasteiger partial charge < -0.3 is 26.2 Å². The number of hydrogen-bond acceptors (Lipinski definition) is 4. The zero-order valence-corrected chi connectivity index (χ0v) is 8.84. The maximum atomic E-state index is 11.4. The van der Waals surface area contributed by atoms with Crippen molar-refractivity contribution in [3.63, 3.8) is 0 Å². The monoisotopic (exact) mass is 233 g/mol. The summed E-state index contributed by atoms with van der Waals surface area (Å²) in [5.41, 5.74) is 4.90. The Morgan fingerprint density at radius 2 is 2.00 bits per heavy atom. The van der Waals surface area contributed by atoms with Crippen LogP contribution < -0.4 is 11.1 Å². The molecule has 0 heterocycles. The lowest BCUT2D eigenvalue weighted by atomic mass is 10.3. The van der Waals surface area contributed by atoms with Gasteiger partial charge in [0.25, 0.3) is 0 Å². The Kier molecular flexibility index (Phi) is 5.86. The SMILES string of the molecule is CCN(CC(N)=O)C(=O)N[C@@H](CO)C(=O)O. The smallest absolute Gasteiger partial charge is 0.328 e. The highest BCUT2D eigenvalue weighted by atomic mass is 16.4. The molecule has 0 aromatic carbocycles. The van der Waals surface area contributed by atoms with E-state index in [2.05, 4.69) is 5.32 Å². The van der Waals surface area contributed by atoms with E-state index in [4.69, 9.17) is 15.9 Å². The zero-order valence-electron chi connectivity index (χ0n) is 8.84. The van der Waals surface area contributed by atoms with Crippen LogP contribution in [-0.4, -0.2) is 58.8 Å². The number of nitrogens with one attached hydrogen (secondary N) is 1. The Bertz CT molecular complexity index is 281. The standard InChI is InChI=1S/C8H15N3O5/c1-2-11(3-6(9)13)8(16)10-5(4-12)7(14)15/h5,12H,2-4H2,1H3,(H2,9,13)(H,10,16)(H,14,15)/t5-/m0/s1. The second-order valence-corrected chi connectivity index (χ2v) is 3.00. The molecule has 0 rings (SSSR count). The van der Waals surface area contributed by atoms with Gasteiger partial charge in [-0.1, -0.05) is 0 Å². The molecule has 16 heavy (non-hydrogen) atoms. The molecule has 0 bridgehead atoms. The van der Waals surface area contributed by atoms with E-state index in [1.165, 1.54) is 0 Å². The maximum Gasteiger partial charge on any atom is 0.328 e. The number of carbonyl (C=O) groups excluding carboxylic acids is 2. The minimum Gasteiger partial charge on any atom is -0.480 e. The number of primary amides is 1. The summed E-state index contributed by atoms with van der Waals surface area (Å²) in [5.74, 6) is -2.06. The molecule has 0 aromatic heterocycles. The Morgan fingerprint density at radius 3 is 2.31 bits per heavy atom. The highest BCUT2D eigenvalue weighted by molar-refractivity contribution is 5.86. The molecule has 0 saturated heterocycles. The average molecular weight is 233 g/mol. The van der Waals surface area contributed by atoms with E-state index in [1.807, 2.05) is 0 Å². The van der Waals surface area contributed by atoms with Gasteiger partial charge in [-0.25, -0.2) is 9.59 Å². The summed E-state index contributed by atoms with van der Waals surface area (Å²) < 4.78 is 0. The molecule has 0 saturated carbocycles. The summed E-state index contributed by atoms with van der Waals surface area (Å²) in [4.78, 5) is 33.6. The third-order valence-electron chi connectivity index (χ3n) is 1.79. The number of amides is 3. The van der Waals surface area contributed by atoms with Crippen LogP contribution in [0.3, 0.4) is 0 Å². The van der Waals surface area contributed by atoms with Crippen molar-refractivity contribution in [3.05, 3.63) is 0 Å². The van der Waals surface area contributed by atoms with E-state index in [0.29, 0.717) is 0 Å². The fourth-order valence-electron chi connectivity index (χ4n) is 0.941. The topological polar surface area (TPSA) is 133 Å². The van der Waals surface area contributed by atoms with E-state index in [9.17, 15) is 14.4 Å². The summed E-state index contributed by atoms with van der Waals surface area (Å²) >= 11 is 0. The van der Waals surface area contributed by atoms with Gasteiger partial charge in [0, 0.05) is 6.54 Å². The van der Waals surface area contributed by atoms with Crippen LogP contribution in [-0.2, 0) is 9.59 Å². The molecule has 5 N–H and O–H groups in total. The Hall–Kier alpha value is -1.83. The number of nitrogens with zero attached hydrogens (tertiary/aromatic N) is 1. The molecule has 8 heteroatoms. The molecule has 0 radical (unpaired) electrons. The molecule has 92 valence electrons. The van der Waals surface area contributed by atoms with E-state index in [0.717, 1.165) is 4.90 Å². The van der Waals surface area contributed by atoms with Crippen molar-refractivity contribution in [2.45, 2.75) is 13.0 Å². The second kappa shape index (κ2) is 6.62. The summed E-state index contributed by atoms with van der Waals surface area (Å²) in [6.45, 7) is 0.777. The number of carboxylic acids is 1. The van der Waals surface area contributed by atoms with E-state index in [1.54, 1.807) is 6.92 Å². The van der Waals surface area contributed by atoms with Crippen molar-refractivity contribution in [3.8, 4) is 0 Å². The first-order chi connectivity index (χ1) is 7.42. The molecule has 0 aliphatic heterocycles. The predicted molar refractivity (Wildman–Crippen MR) is 53.5 cm³/mol. The minimum absolute atomic E-state index is 0.201. The Labute approximate surface area is 92.0 Å². The van der Waals surface area contributed by atoms with Gasteiger partial charge in [0.2, 0.25) is 5.91 Å². The molecule has 8 nitrogen and oxygen atoms in total. The van der Waals surface area contributed by atoms with Crippen LogP contribution in [0.1, 0.15) is 6.92 Å². The molecule has 0 unspecified atom stereocenters. The van der Waals surface area contributed by atoms with Gasteiger partial charge >= 0.3 is 12.0 Å². The molecule has 0 aliphatic rings. The average Bonchev–Trinajstić information content (AvgIpc) is 2.21. The number of aliphatic carboxylic acids is 1. The van der Waals surface area contributed by atoms with Gasteiger partial charge in [-0.05, 0) is 6.92 Å². The highest BCUT2D eigenvalue weighted by Gasteiger charge is 2.22. The van der Waals surface area contributed by atoms with Gasteiger partial charge in [-0.15, -0.1) is 0 Å². The zero-order chi connectivity index (χ0) is 12.7. The minimum atomic E-state index is -1.39. The predicted octanol–water partition coefficient (Wildman–Crippen LogP) is -2.05. The molecule has 0 aliphatic carbocycles. The van der Waals surface area contributed by atoms with E-state index < -0.39 is 30.6 Å². The normalized spacial score (nSPS) is 11.6. The van der Waals surface area contributed by atoms with Crippen LogP contribution in [0, 0.1) is 0 Å². The number of carboxylic acid groups (broad SMARTS) is 1. The van der Waals surface area contributed by atoms with Crippen molar-refractivity contribution >= 4 is 17.9 Å². The van der Waals surface area contributed by atoms with Crippen molar-refractivity contribution < 1.29 is 24.6 Å². The largest absolute Gasteiger partial charge is 0.480 e. The number of nitrogens with two attached hydrogens (primary N) is 1. The van der Waals surface area contributed by atoms with E-state index in [-0.39, 0.29) is 13.1 Å². The van der Waals surface area contributed by atoms with Crippen LogP contribution in [0.15, 0.2) is 0 Å². The fraction of sp³-hybridized carbons (Fsp3) is 0.625. The molecular weight excluding hydrogens is 218 g/mol. The lowest BCUT2D eigenvalue weighted by molar-refractivity contribution is -0.140. The second-order valence-electron chi connectivity index (χ2n) is 3.00. The molecule has 1 atom stereocenters. The quantitative estimate of drug-likeness (QED) is 0.419. The number of rotatable bonds is 6. The summed E-state index contributed by atoms with van der Waals surface area (Å²) in [7, 11) is 0. The fourth-order valence-corrected chi connectivity index (χ4v) is 0.941. The molecule has 3 amide bonds. The van der Waals surface area contributed by atoms with Crippen molar-refractivity contribution in [1.82, 2.24) is 10.2 Å². The first-order valence-corrected chi connectivity index (χ1v) is 4.59. The first-order valence-electron chi connectivity index (χ1n) is 4.59. The molecular formula is C8H15N3O5. The Balaban J connectivity index is 4.40. The summed E-state index contributed by atoms with van der Waals surface area (Å²) in [6.07, 6.45) is 0. The highest BCUT2D eigenvalue weighted by Crippen LogP contribution is 1.91. The van der Waals surface area contributed by atoms with Gasteiger partial charge in [0.15, 0.2) is 6.04 Å². The first kappa shape index (κ1) is 14.2. The third kappa shape index (κ3) is 4.60. The number of aliphatic hydroxyl groups is 1. The van der Waals surface area contributed by atoms with Crippen molar-refractivity contribution in [1.29, 1.82) is 0 Å². The third-order valence-corrected chi connectivity index (χ3v) is 1.79. The van der Waals surface area contributed by atoms with Gasteiger partial charge in [-0.3, -0.25) is 4.79 Å². The molecule has 0 spiro atoms. The number of likely N-dealkylation sites (N-methyl/N-ethyl adjacent to an activating group) is 1. The van der Waals surface area contributed by atoms with Gasteiger partial charge in [-0.2, -0.15) is 0 Å². The van der Waals surface area contributed by atoms with Crippen LogP contribution in [0.4, 0.5) is 4.79 Å². The molecule has 0 aromatic rings. The molecule has 0 fully saturated rings. The lowest BCUT2D eigenvalue weighted by Gasteiger charge is -2.21. The number of aliphatic hydroxyl groups excluding tert-OH is 1. The number of carbonyl (C=O) groups is 3. The lowest BCUT2D eigenvalue weighted by Crippen LogP contribution is -2.51. The van der Waals surface area contributed by atoms with Crippen LogP contribution in [0.25, 0.3) is 0 Å². The van der Waals surface area contributed by atoms with Crippen LogP contribution >= 0.6 is 0 Å². The number of hydrogen-bond donors (Lipinski definition) is 4. The number of urea groups is 1. The van der Waals surface area contributed by atoms with Crippen molar-refractivity contribution in [2.24, 2.45) is 5.73 Å². The van der Waals surface area contributed by atoms with Crippen LogP contribution in [0.2, 0.25) is 0 Å². The maximum absolute atomic E-state index is 11.4. The summed E-state index contributed by atoms with van der Waals surface area (Å²) in [6, 6.07) is -2.16. The van der Waals surface area contributed by atoms with E-state index >= 15 is 0 Å². The van der Waals surface area contributed by atoms with Crippen molar-refractivity contribution in [2.75, 3.05) is 19.7 Å². The Morgan fingerprint density at radius 1 is 1.44 bits per heavy atom. The van der Waals surface area contributed by atoms with Crippen LogP contribution in [0.5, 0.6) is 0 Å².